The van der Waals surface area contributed by atoms with Gasteiger partial charge in [0, 0.05) is 30.9 Å². The van der Waals surface area contributed by atoms with E-state index in [0.29, 0.717) is 38.3 Å². The normalized spacial score (nSPS) is 24.6. The van der Waals surface area contributed by atoms with E-state index in [2.05, 4.69) is 11.4 Å². The van der Waals surface area contributed by atoms with Crippen molar-refractivity contribution >= 4 is 17.5 Å². The summed E-state index contributed by atoms with van der Waals surface area (Å²) in [7, 11) is 0. The molecular formula is C18H23N3O3. The molecule has 0 bridgehead atoms. The molecule has 3 heterocycles. The van der Waals surface area contributed by atoms with Gasteiger partial charge in [-0.05, 0) is 31.9 Å². The van der Waals surface area contributed by atoms with E-state index in [0.717, 1.165) is 37.4 Å². The van der Waals surface area contributed by atoms with Crippen molar-refractivity contribution in [1.82, 2.24) is 10.3 Å². The van der Waals surface area contributed by atoms with Crippen LogP contribution >= 0.6 is 0 Å². The van der Waals surface area contributed by atoms with E-state index < -0.39 is 0 Å². The number of ether oxygens (including phenoxy) is 1. The van der Waals surface area contributed by atoms with Gasteiger partial charge in [-0.3, -0.25) is 14.6 Å². The number of para-hydroxylation sites is 1. The van der Waals surface area contributed by atoms with Crippen molar-refractivity contribution in [3.05, 3.63) is 23.8 Å². The lowest BCUT2D eigenvalue weighted by molar-refractivity contribution is -0.149. The fourth-order valence-corrected chi connectivity index (χ4v) is 3.91. The van der Waals surface area contributed by atoms with Gasteiger partial charge in [-0.2, -0.15) is 5.01 Å². The van der Waals surface area contributed by atoms with Crippen molar-refractivity contribution < 1.29 is 14.3 Å². The van der Waals surface area contributed by atoms with Crippen LogP contribution in [0.25, 0.3) is 0 Å². The van der Waals surface area contributed by atoms with E-state index in [4.69, 9.17) is 4.74 Å². The van der Waals surface area contributed by atoms with E-state index in [9.17, 15) is 9.59 Å². The van der Waals surface area contributed by atoms with Gasteiger partial charge in [-0.25, -0.2) is 0 Å². The summed E-state index contributed by atoms with van der Waals surface area (Å²) in [5.41, 5.74) is 2.02. The van der Waals surface area contributed by atoms with Crippen LogP contribution in [0.15, 0.2) is 18.2 Å². The molecule has 1 N–H and O–H groups in total. The van der Waals surface area contributed by atoms with Crippen molar-refractivity contribution in [1.29, 1.82) is 0 Å². The third-order valence-corrected chi connectivity index (χ3v) is 5.08. The second-order valence-electron chi connectivity index (χ2n) is 6.66. The summed E-state index contributed by atoms with van der Waals surface area (Å²) in [6.45, 7) is 3.02. The fraction of sp³-hybridized carbons (Fsp3) is 0.556. The molecule has 2 fully saturated rings. The molecule has 0 saturated carbocycles. The number of benzene rings is 1. The van der Waals surface area contributed by atoms with Crippen LogP contribution in [0.5, 0.6) is 5.75 Å². The molecule has 1 aromatic carbocycles. The lowest BCUT2D eigenvalue weighted by Crippen LogP contribution is -2.54. The molecule has 4 rings (SSSR count). The zero-order chi connectivity index (χ0) is 16.5. The molecule has 2 saturated heterocycles. The van der Waals surface area contributed by atoms with Crippen LogP contribution < -0.4 is 15.1 Å². The van der Waals surface area contributed by atoms with Crippen LogP contribution in [0, 0.1) is 0 Å². The van der Waals surface area contributed by atoms with E-state index in [1.165, 1.54) is 10.6 Å². The lowest BCUT2D eigenvalue weighted by Gasteiger charge is -2.41. The molecule has 1 aromatic rings. The molecular weight excluding hydrogens is 306 g/mol. The first kappa shape index (κ1) is 15.4. The molecule has 0 spiro atoms. The van der Waals surface area contributed by atoms with Crippen LogP contribution in [0.1, 0.15) is 43.6 Å². The van der Waals surface area contributed by atoms with Gasteiger partial charge in [0.15, 0.2) is 0 Å². The van der Waals surface area contributed by atoms with E-state index in [1.54, 1.807) is 0 Å². The van der Waals surface area contributed by atoms with Crippen molar-refractivity contribution in [2.75, 3.05) is 31.3 Å². The number of hydrazine groups is 1. The Bertz CT molecular complexity index is 639. The third kappa shape index (κ3) is 2.65. The molecule has 0 unspecified atom stereocenters. The summed E-state index contributed by atoms with van der Waals surface area (Å²) in [5.74, 6) is 1.04. The van der Waals surface area contributed by atoms with Gasteiger partial charge in [-0.15, -0.1) is 0 Å². The minimum absolute atomic E-state index is 0.108. The van der Waals surface area contributed by atoms with Crippen LogP contribution in [0.4, 0.5) is 5.69 Å². The van der Waals surface area contributed by atoms with Gasteiger partial charge < -0.3 is 10.1 Å². The SMILES string of the molecule is O=C1CCCC(=O)N1N1CCOc2c([C@@H]3CCCNC3)cccc21. The van der Waals surface area contributed by atoms with Gasteiger partial charge in [-0.1, -0.05) is 12.1 Å². The fourth-order valence-electron chi connectivity index (χ4n) is 3.91. The Kier molecular flexibility index (Phi) is 4.14. The highest BCUT2D eigenvalue weighted by Crippen LogP contribution is 2.41. The minimum Gasteiger partial charge on any atom is -0.489 e. The van der Waals surface area contributed by atoms with Gasteiger partial charge in [0.2, 0.25) is 11.8 Å². The largest absolute Gasteiger partial charge is 0.489 e. The van der Waals surface area contributed by atoms with Crippen LogP contribution in [-0.2, 0) is 9.59 Å². The van der Waals surface area contributed by atoms with Crippen molar-refractivity contribution in [3.63, 3.8) is 0 Å². The van der Waals surface area contributed by atoms with Crippen molar-refractivity contribution in [2.24, 2.45) is 0 Å². The summed E-state index contributed by atoms with van der Waals surface area (Å²) < 4.78 is 5.98. The summed E-state index contributed by atoms with van der Waals surface area (Å²) >= 11 is 0. The highest BCUT2D eigenvalue weighted by molar-refractivity contribution is 5.99. The zero-order valence-electron chi connectivity index (χ0n) is 13.8. The second-order valence-corrected chi connectivity index (χ2v) is 6.66. The number of nitrogens with one attached hydrogen (secondary N) is 1. The van der Waals surface area contributed by atoms with E-state index in [1.807, 2.05) is 17.1 Å². The Morgan fingerprint density at radius 3 is 2.71 bits per heavy atom. The number of nitrogens with zero attached hydrogens (tertiary/aromatic N) is 2. The predicted molar refractivity (Wildman–Crippen MR) is 89.8 cm³/mol. The minimum atomic E-state index is -0.108. The molecule has 0 aromatic heterocycles. The molecule has 0 radical (unpaired) electrons. The predicted octanol–water partition coefficient (Wildman–Crippen LogP) is 1.81. The summed E-state index contributed by atoms with van der Waals surface area (Å²) in [6.07, 6.45) is 3.81. The molecule has 6 heteroatoms. The Balaban J connectivity index is 1.70. The van der Waals surface area contributed by atoms with Crippen molar-refractivity contribution in [2.45, 2.75) is 38.0 Å². The number of fused-ring (bicyclic) bond motifs is 1. The first-order valence-corrected chi connectivity index (χ1v) is 8.85. The number of imide groups is 1. The lowest BCUT2D eigenvalue weighted by atomic mass is 9.90. The summed E-state index contributed by atoms with van der Waals surface area (Å²) in [5, 5.41) is 6.60. The first-order valence-electron chi connectivity index (χ1n) is 8.85. The van der Waals surface area contributed by atoms with E-state index >= 15 is 0 Å². The Labute approximate surface area is 141 Å². The van der Waals surface area contributed by atoms with E-state index in [-0.39, 0.29) is 11.8 Å². The maximum absolute atomic E-state index is 12.3. The van der Waals surface area contributed by atoms with Crippen LogP contribution in [0.2, 0.25) is 0 Å². The second kappa shape index (κ2) is 6.43. The van der Waals surface area contributed by atoms with Gasteiger partial charge in [0.25, 0.3) is 0 Å². The standard InChI is InChI=1S/C18H23N3O3/c22-16-7-2-8-17(23)21(16)20-10-11-24-18-14(5-1-6-15(18)20)13-4-3-9-19-12-13/h1,5-6,13,19H,2-4,7-12H2/t13-/m1/s1. The highest BCUT2D eigenvalue weighted by Gasteiger charge is 2.35. The number of hydrogen-bond acceptors (Lipinski definition) is 5. The summed E-state index contributed by atoms with van der Waals surface area (Å²) in [4.78, 5) is 24.6. The zero-order valence-corrected chi connectivity index (χ0v) is 13.8. The number of hydrogen-bond donors (Lipinski definition) is 1. The average molecular weight is 329 g/mol. The number of rotatable bonds is 2. The Hall–Kier alpha value is -2.08. The number of amides is 2. The van der Waals surface area contributed by atoms with Gasteiger partial charge >= 0.3 is 0 Å². The number of carbonyl (C=O) groups is 2. The van der Waals surface area contributed by atoms with Crippen molar-refractivity contribution in [3.8, 4) is 5.75 Å². The molecule has 128 valence electrons. The quantitative estimate of drug-likeness (QED) is 0.839. The molecule has 0 aliphatic carbocycles. The average Bonchev–Trinajstić information content (AvgIpc) is 2.62. The van der Waals surface area contributed by atoms with Crippen LogP contribution in [0.3, 0.4) is 0 Å². The number of piperidine rings is 2. The maximum Gasteiger partial charge on any atom is 0.248 e. The monoisotopic (exact) mass is 329 g/mol. The first-order chi connectivity index (χ1) is 11.8. The van der Waals surface area contributed by atoms with Gasteiger partial charge in [0.1, 0.15) is 18.0 Å². The maximum atomic E-state index is 12.3. The highest BCUT2D eigenvalue weighted by atomic mass is 16.5. The summed E-state index contributed by atoms with van der Waals surface area (Å²) in [6, 6.07) is 6.06. The van der Waals surface area contributed by atoms with Gasteiger partial charge in [0.05, 0.1) is 6.54 Å². The molecule has 24 heavy (non-hydrogen) atoms. The Morgan fingerprint density at radius 1 is 1.12 bits per heavy atom. The number of carbonyl (C=O) groups excluding carboxylic acids is 2. The number of anilines is 1. The molecule has 2 amide bonds. The topological polar surface area (TPSA) is 61.9 Å². The molecule has 1 atom stereocenters. The molecule has 3 aliphatic heterocycles. The molecule has 6 nitrogen and oxygen atoms in total. The Morgan fingerprint density at radius 2 is 1.96 bits per heavy atom. The smallest absolute Gasteiger partial charge is 0.248 e. The van der Waals surface area contributed by atoms with Crippen LogP contribution in [-0.4, -0.2) is 43.1 Å². The third-order valence-electron chi connectivity index (χ3n) is 5.08. The molecule has 3 aliphatic rings.